The molecule has 0 saturated heterocycles. The van der Waals surface area contributed by atoms with Crippen LogP contribution in [-0.2, 0) is 27.1 Å². The minimum Gasteiger partial charge on any atom is -0.458 e. The van der Waals surface area contributed by atoms with Crippen molar-refractivity contribution in [2.24, 2.45) is 0 Å². The largest absolute Gasteiger partial charge is 0.458 e. The second-order valence-corrected chi connectivity index (χ2v) is 21.0. The molecule has 5 nitrogen and oxygen atoms in total. The lowest BCUT2D eigenvalue weighted by atomic mass is 9.79. The number of rotatable bonds is 5. The number of ether oxygens (including phenoxy) is 1. The smallest absolute Gasteiger partial charge is 0.269 e. The van der Waals surface area contributed by atoms with Gasteiger partial charge in [0.15, 0.2) is 0 Å². The van der Waals surface area contributed by atoms with Gasteiger partial charge in [-0.3, -0.25) is 13.7 Å². The fourth-order valence-corrected chi connectivity index (χ4v) is 7.86. The van der Waals surface area contributed by atoms with Crippen LogP contribution in [0.5, 0.6) is 11.5 Å². The van der Waals surface area contributed by atoms with E-state index in [0.29, 0.717) is 0 Å². The zero-order valence-corrected chi connectivity index (χ0v) is 37.0. The maximum absolute atomic E-state index is 6.77. The van der Waals surface area contributed by atoms with E-state index in [0.717, 1.165) is 45.1 Å². The van der Waals surface area contributed by atoms with Gasteiger partial charge in [0.1, 0.15) is 17.3 Å². The van der Waals surface area contributed by atoms with E-state index >= 15 is 0 Å². The summed E-state index contributed by atoms with van der Waals surface area (Å²) in [4.78, 5) is 4.88. The molecule has 0 fully saturated rings. The summed E-state index contributed by atoms with van der Waals surface area (Å²) in [6.07, 6.45) is 5.81. The minimum absolute atomic E-state index is 0.00150. The lowest BCUT2D eigenvalue weighted by molar-refractivity contribution is -0.611. The number of imidazole rings is 1. The molecule has 0 spiro atoms. The Labute approximate surface area is 341 Å². The number of pyridine rings is 1. The molecule has 0 radical (unpaired) electrons. The van der Waals surface area contributed by atoms with Crippen LogP contribution in [0.15, 0.2) is 103 Å². The third-order valence-corrected chi connectivity index (χ3v) is 11.0. The van der Waals surface area contributed by atoms with Gasteiger partial charge in [0.25, 0.3) is 6.33 Å². The zero-order chi connectivity index (χ0) is 41.5. The Hall–Kier alpha value is -5.16. The quantitative estimate of drug-likeness (QED) is 0.129. The molecule has 3 aromatic heterocycles. The number of fused-ring (bicyclic) bond motifs is 3. The first kappa shape index (κ1) is 40.1. The molecule has 0 saturated carbocycles. The highest BCUT2D eigenvalue weighted by atomic mass is 16.5. The highest BCUT2D eigenvalue weighted by molar-refractivity contribution is 6.09. The molecule has 57 heavy (non-hydrogen) atoms. The average Bonchev–Trinajstić information content (AvgIpc) is 3.68. The molecule has 5 heteroatoms. The fraction of sp³-hybridized carbons (Fsp3) is 0.385. The molecule has 7 rings (SSSR count). The van der Waals surface area contributed by atoms with Gasteiger partial charge < -0.3 is 4.74 Å². The van der Waals surface area contributed by atoms with Crippen LogP contribution in [-0.4, -0.2) is 14.1 Å². The predicted octanol–water partition coefficient (Wildman–Crippen LogP) is 13.3. The Kier molecular flexibility index (Phi) is 9.66. The van der Waals surface area contributed by atoms with Crippen LogP contribution in [0.3, 0.4) is 0 Å². The normalized spacial score (nSPS) is 13.2. The summed E-state index contributed by atoms with van der Waals surface area (Å²) >= 11 is 0. The molecular formula is C52H62N4O. The molecule has 0 unspecified atom stereocenters. The van der Waals surface area contributed by atoms with Crippen molar-refractivity contribution in [2.75, 3.05) is 0 Å². The second-order valence-electron chi connectivity index (χ2n) is 21.0. The lowest BCUT2D eigenvalue weighted by Gasteiger charge is -2.31. The van der Waals surface area contributed by atoms with Gasteiger partial charge in [-0.2, -0.15) is 0 Å². The van der Waals surface area contributed by atoms with Crippen LogP contribution in [0.1, 0.15) is 132 Å². The molecule has 0 aliphatic rings. The van der Waals surface area contributed by atoms with E-state index in [1.807, 2.05) is 12.3 Å². The molecule has 296 valence electrons. The van der Waals surface area contributed by atoms with Crippen molar-refractivity contribution in [1.82, 2.24) is 14.1 Å². The van der Waals surface area contributed by atoms with Gasteiger partial charge in [-0.05, 0) is 104 Å². The number of hydrogen-bond donors (Lipinski definition) is 0. The van der Waals surface area contributed by atoms with Gasteiger partial charge in [0.05, 0.1) is 33.8 Å². The SMILES string of the molecule is CC(C)(C)c1cc(-[n+]2[c-]n(-c3cccc(Oc4ccc5c6ccccc6n(-c6cc(C(C)(C)C)ccn6)c5c4)c3)c(C(C)(C)C)c2C(C)(C)C)cc(C(C)(C)C)c1. The van der Waals surface area contributed by atoms with Crippen molar-refractivity contribution in [3.05, 3.63) is 138 Å². The molecule has 0 atom stereocenters. The molecule has 0 bridgehead atoms. The van der Waals surface area contributed by atoms with Crippen LogP contribution in [0.25, 0.3) is 39.0 Å². The number of nitrogens with zero attached hydrogens (tertiary/aromatic N) is 4. The molecule has 4 aromatic carbocycles. The van der Waals surface area contributed by atoms with Crippen molar-refractivity contribution < 1.29 is 9.30 Å². The van der Waals surface area contributed by atoms with Crippen molar-refractivity contribution in [3.63, 3.8) is 0 Å². The zero-order valence-electron chi connectivity index (χ0n) is 37.0. The van der Waals surface area contributed by atoms with E-state index < -0.39 is 0 Å². The van der Waals surface area contributed by atoms with Crippen LogP contribution in [0, 0.1) is 6.33 Å². The summed E-state index contributed by atoms with van der Waals surface area (Å²) in [5, 5.41) is 2.35. The van der Waals surface area contributed by atoms with Gasteiger partial charge in [0.2, 0.25) is 0 Å². The standard InChI is InChI=1S/C52H62N4O/c1-48(2,3)34-25-26-53-45(30-34)56-43-22-17-16-21-41(43)42-24-23-40(32-44(42)56)57-39-20-18-19-37(31-39)54-33-55(47(52(13,14)15)46(54)51(10,11)12)38-28-35(49(4,5)6)27-36(29-38)50(7,8)9/h16-32H,1-15H3. The monoisotopic (exact) mass is 758 g/mol. The molecule has 0 N–H and O–H groups in total. The molecule has 3 heterocycles. The fourth-order valence-electron chi connectivity index (χ4n) is 7.86. The number of benzene rings is 4. The van der Waals surface area contributed by atoms with Crippen molar-refractivity contribution in [2.45, 2.75) is 131 Å². The van der Waals surface area contributed by atoms with E-state index in [1.54, 1.807) is 0 Å². The number of hydrogen-bond acceptors (Lipinski definition) is 2. The highest BCUT2D eigenvalue weighted by Gasteiger charge is 2.34. The van der Waals surface area contributed by atoms with E-state index in [1.165, 1.54) is 33.5 Å². The van der Waals surface area contributed by atoms with Crippen LogP contribution in [0.2, 0.25) is 0 Å². The van der Waals surface area contributed by atoms with Crippen LogP contribution in [0.4, 0.5) is 0 Å². The summed E-state index contributed by atoms with van der Waals surface area (Å²) in [5.74, 6) is 2.43. The first-order valence-electron chi connectivity index (χ1n) is 20.5. The molecule has 0 amide bonds. The van der Waals surface area contributed by atoms with Crippen molar-refractivity contribution >= 4 is 21.8 Å². The maximum Gasteiger partial charge on any atom is 0.269 e. The average molecular weight is 759 g/mol. The summed E-state index contributed by atoms with van der Waals surface area (Å²) in [6.45, 7) is 34.4. The van der Waals surface area contributed by atoms with E-state index in [2.05, 4.69) is 215 Å². The maximum atomic E-state index is 6.77. The van der Waals surface area contributed by atoms with Gasteiger partial charge in [-0.15, -0.1) is 0 Å². The second kappa shape index (κ2) is 13.7. The van der Waals surface area contributed by atoms with Gasteiger partial charge in [-0.1, -0.05) is 134 Å². The van der Waals surface area contributed by atoms with Crippen LogP contribution < -0.4 is 9.30 Å². The molecular weight excluding hydrogens is 697 g/mol. The van der Waals surface area contributed by atoms with Crippen molar-refractivity contribution in [1.29, 1.82) is 0 Å². The Morgan fingerprint density at radius 2 is 1.14 bits per heavy atom. The van der Waals surface area contributed by atoms with E-state index in [9.17, 15) is 0 Å². The molecule has 7 aromatic rings. The number of para-hydroxylation sites is 1. The number of aromatic nitrogens is 4. The third kappa shape index (κ3) is 7.78. The Bertz CT molecular complexity index is 2590. The Morgan fingerprint density at radius 3 is 1.75 bits per heavy atom. The predicted molar refractivity (Wildman–Crippen MR) is 238 cm³/mol. The first-order valence-corrected chi connectivity index (χ1v) is 20.5. The third-order valence-electron chi connectivity index (χ3n) is 11.0. The molecule has 0 aliphatic carbocycles. The summed E-state index contributed by atoms with van der Waals surface area (Å²) < 4.78 is 13.6. The topological polar surface area (TPSA) is 35.9 Å². The lowest BCUT2D eigenvalue weighted by Crippen LogP contribution is -2.41. The first-order chi connectivity index (χ1) is 26.4. The Morgan fingerprint density at radius 1 is 0.526 bits per heavy atom. The summed E-state index contributed by atoms with van der Waals surface area (Å²) in [6, 6.07) is 34.8. The molecule has 0 aliphatic heterocycles. The van der Waals surface area contributed by atoms with E-state index in [-0.39, 0.29) is 27.1 Å². The van der Waals surface area contributed by atoms with Crippen LogP contribution >= 0.6 is 0 Å². The van der Waals surface area contributed by atoms with Gasteiger partial charge in [-0.25, -0.2) is 4.98 Å². The minimum atomic E-state index is -0.188. The summed E-state index contributed by atoms with van der Waals surface area (Å²) in [7, 11) is 0. The summed E-state index contributed by atoms with van der Waals surface area (Å²) in [5.41, 5.74) is 10.3. The highest BCUT2D eigenvalue weighted by Crippen LogP contribution is 2.39. The van der Waals surface area contributed by atoms with Gasteiger partial charge in [0, 0.05) is 23.0 Å². The van der Waals surface area contributed by atoms with Gasteiger partial charge >= 0.3 is 0 Å². The van der Waals surface area contributed by atoms with E-state index in [4.69, 9.17) is 9.72 Å². The Balaban J connectivity index is 1.37. The van der Waals surface area contributed by atoms with Crippen molar-refractivity contribution in [3.8, 4) is 28.7 Å².